The van der Waals surface area contributed by atoms with Crippen LogP contribution in [0.25, 0.3) is 16.8 Å². The normalized spacial score (nSPS) is 17.1. The number of rotatable bonds is 5. The number of hydrogen-bond acceptors (Lipinski definition) is 4. The van der Waals surface area contributed by atoms with Crippen LogP contribution in [0.2, 0.25) is 0 Å². The van der Waals surface area contributed by atoms with Crippen LogP contribution in [0.3, 0.4) is 0 Å². The van der Waals surface area contributed by atoms with Crippen molar-refractivity contribution >= 4 is 17.4 Å². The number of nitrogens with zero attached hydrogens (tertiary/aromatic N) is 3. The third kappa shape index (κ3) is 4.09. The molecule has 8 heteroatoms. The number of imide groups is 1. The lowest BCUT2D eigenvalue weighted by Crippen LogP contribution is -2.38. The van der Waals surface area contributed by atoms with E-state index in [-0.39, 0.29) is 28.9 Å². The summed E-state index contributed by atoms with van der Waals surface area (Å²) in [5.41, 5.74) is 2.12. The van der Waals surface area contributed by atoms with Gasteiger partial charge in [0.25, 0.3) is 17.4 Å². The minimum atomic E-state index is -0.512. The highest BCUT2D eigenvalue weighted by atomic mass is 19.1. The Morgan fingerprint density at radius 1 is 0.943 bits per heavy atom. The molecule has 2 aromatic carbocycles. The summed E-state index contributed by atoms with van der Waals surface area (Å²) in [6.07, 6.45) is 1.79. The number of H-pyrrole nitrogens is 1. The maximum Gasteiger partial charge on any atom is 0.278 e. The van der Waals surface area contributed by atoms with Crippen LogP contribution in [0.4, 0.5) is 4.39 Å². The maximum absolute atomic E-state index is 13.8. The number of benzene rings is 2. The Kier molecular flexibility index (Phi) is 5.88. The van der Waals surface area contributed by atoms with Gasteiger partial charge in [-0.05, 0) is 36.5 Å². The third-order valence-corrected chi connectivity index (χ3v) is 6.86. The summed E-state index contributed by atoms with van der Waals surface area (Å²) in [6, 6.07) is 15.0. The fourth-order valence-corrected chi connectivity index (χ4v) is 4.82. The number of halogens is 1. The fraction of sp³-hybridized carbons (Fsp3) is 0.296. The molecule has 3 heterocycles. The number of aryl methyl sites for hydroxylation is 1. The number of likely N-dealkylation sites (tertiary alicyclic amines) is 1. The molecule has 2 aliphatic heterocycles. The number of aromatic amines is 1. The fourth-order valence-electron chi connectivity index (χ4n) is 4.82. The van der Waals surface area contributed by atoms with E-state index >= 15 is 0 Å². The summed E-state index contributed by atoms with van der Waals surface area (Å²) in [6.45, 7) is 3.44. The molecule has 1 saturated heterocycles. The molecule has 2 aliphatic rings. The molecule has 1 fully saturated rings. The summed E-state index contributed by atoms with van der Waals surface area (Å²) >= 11 is 0. The zero-order valence-corrected chi connectivity index (χ0v) is 19.8. The van der Waals surface area contributed by atoms with E-state index in [1.165, 1.54) is 16.8 Å². The van der Waals surface area contributed by atoms with Gasteiger partial charge in [-0.15, -0.1) is 0 Å². The minimum Gasteiger partial charge on any atom is -0.366 e. The molecule has 0 atom stereocenters. The predicted molar refractivity (Wildman–Crippen MR) is 130 cm³/mol. The van der Waals surface area contributed by atoms with Gasteiger partial charge >= 0.3 is 0 Å². The Hall–Kier alpha value is -3.94. The average molecular weight is 475 g/mol. The molecule has 0 spiro atoms. The number of carbonyl (C=O) groups is 2. The van der Waals surface area contributed by atoms with Crippen molar-refractivity contribution in [2.75, 3.05) is 13.1 Å². The van der Waals surface area contributed by atoms with E-state index in [1.54, 1.807) is 19.2 Å². The Bertz CT molecular complexity index is 1360. The van der Waals surface area contributed by atoms with Gasteiger partial charge in [-0.1, -0.05) is 49.4 Å². The van der Waals surface area contributed by atoms with Crippen LogP contribution in [0.5, 0.6) is 0 Å². The highest BCUT2D eigenvalue weighted by Crippen LogP contribution is 2.36. The van der Waals surface area contributed by atoms with Crippen LogP contribution in [-0.2, 0) is 23.2 Å². The summed E-state index contributed by atoms with van der Waals surface area (Å²) in [5.74, 6) is -0.802. The molecular weight excluding hydrogens is 447 g/mol. The van der Waals surface area contributed by atoms with Crippen LogP contribution >= 0.6 is 0 Å². The van der Waals surface area contributed by atoms with Crippen LogP contribution in [-0.4, -0.2) is 44.5 Å². The van der Waals surface area contributed by atoms with E-state index in [0.29, 0.717) is 30.3 Å². The van der Waals surface area contributed by atoms with Crippen molar-refractivity contribution in [1.82, 2.24) is 19.6 Å². The van der Waals surface area contributed by atoms with Crippen molar-refractivity contribution in [3.8, 4) is 11.3 Å². The Labute approximate surface area is 202 Å². The Morgan fingerprint density at radius 2 is 1.60 bits per heavy atom. The van der Waals surface area contributed by atoms with E-state index in [1.807, 2.05) is 35.2 Å². The van der Waals surface area contributed by atoms with Gasteiger partial charge in [-0.2, -0.15) is 0 Å². The van der Waals surface area contributed by atoms with Gasteiger partial charge in [0, 0.05) is 25.7 Å². The van der Waals surface area contributed by atoms with E-state index in [4.69, 9.17) is 0 Å². The lowest BCUT2D eigenvalue weighted by Gasteiger charge is -2.32. The SMILES string of the molecule is CC1CCN(C2=C(c3c(-c4ccccc4)[nH]n(C)c3=O)C(=O)N(Cc3ccc(F)cc3)C2=O)CC1. The first-order chi connectivity index (χ1) is 16.8. The molecule has 1 aromatic heterocycles. The second-order valence-corrected chi connectivity index (χ2v) is 9.31. The van der Waals surface area contributed by atoms with Gasteiger partial charge in [0.1, 0.15) is 11.5 Å². The zero-order valence-electron chi connectivity index (χ0n) is 19.8. The molecule has 3 aromatic rings. The largest absolute Gasteiger partial charge is 0.366 e. The first-order valence-electron chi connectivity index (χ1n) is 11.8. The smallest absolute Gasteiger partial charge is 0.278 e. The number of piperidine rings is 1. The second-order valence-electron chi connectivity index (χ2n) is 9.31. The van der Waals surface area contributed by atoms with E-state index in [0.717, 1.165) is 23.3 Å². The number of amides is 2. The molecule has 35 heavy (non-hydrogen) atoms. The maximum atomic E-state index is 13.8. The quantitative estimate of drug-likeness (QED) is 0.574. The van der Waals surface area contributed by atoms with Gasteiger partial charge in [0.05, 0.1) is 23.4 Å². The molecular formula is C27H27FN4O3. The number of hydrogen-bond donors (Lipinski definition) is 1. The average Bonchev–Trinajstić information content (AvgIpc) is 3.28. The predicted octanol–water partition coefficient (Wildman–Crippen LogP) is 3.53. The molecule has 0 bridgehead atoms. The minimum absolute atomic E-state index is 0.000593. The second kappa shape index (κ2) is 9.02. The first-order valence-corrected chi connectivity index (χ1v) is 11.8. The Morgan fingerprint density at radius 3 is 2.26 bits per heavy atom. The first kappa shape index (κ1) is 22.8. The molecule has 7 nitrogen and oxygen atoms in total. The molecule has 5 rings (SSSR count). The van der Waals surface area contributed by atoms with E-state index in [2.05, 4.69) is 12.0 Å². The van der Waals surface area contributed by atoms with Crippen molar-refractivity contribution in [3.05, 3.63) is 87.6 Å². The van der Waals surface area contributed by atoms with Gasteiger partial charge in [0.2, 0.25) is 0 Å². The highest BCUT2D eigenvalue weighted by Gasteiger charge is 2.44. The lowest BCUT2D eigenvalue weighted by molar-refractivity contribution is -0.138. The van der Waals surface area contributed by atoms with Gasteiger partial charge in [-0.25, -0.2) is 4.39 Å². The van der Waals surface area contributed by atoms with Crippen LogP contribution in [0.15, 0.2) is 65.1 Å². The van der Waals surface area contributed by atoms with Crippen molar-refractivity contribution in [2.24, 2.45) is 13.0 Å². The van der Waals surface area contributed by atoms with Crippen molar-refractivity contribution < 1.29 is 14.0 Å². The Balaban J connectivity index is 1.65. The topological polar surface area (TPSA) is 78.4 Å². The highest BCUT2D eigenvalue weighted by molar-refractivity contribution is 6.36. The van der Waals surface area contributed by atoms with E-state index < -0.39 is 17.6 Å². The summed E-state index contributed by atoms with van der Waals surface area (Å²) in [7, 11) is 1.60. The summed E-state index contributed by atoms with van der Waals surface area (Å²) < 4.78 is 14.8. The molecule has 0 radical (unpaired) electrons. The molecule has 0 saturated carbocycles. The van der Waals surface area contributed by atoms with Gasteiger partial charge < -0.3 is 4.90 Å². The number of carbonyl (C=O) groups excluding carboxylic acids is 2. The monoisotopic (exact) mass is 474 g/mol. The number of aromatic nitrogens is 2. The van der Waals surface area contributed by atoms with Crippen molar-refractivity contribution in [2.45, 2.75) is 26.3 Å². The van der Waals surface area contributed by atoms with Gasteiger partial charge in [-0.3, -0.25) is 29.1 Å². The summed E-state index contributed by atoms with van der Waals surface area (Å²) in [5, 5.41) is 3.07. The molecule has 180 valence electrons. The van der Waals surface area contributed by atoms with E-state index in [9.17, 15) is 18.8 Å². The van der Waals surface area contributed by atoms with Crippen LogP contribution in [0, 0.1) is 11.7 Å². The van der Waals surface area contributed by atoms with Crippen LogP contribution < -0.4 is 5.56 Å². The third-order valence-electron chi connectivity index (χ3n) is 6.86. The zero-order chi connectivity index (χ0) is 24.7. The standard InChI is InChI=1S/C27H27FN4O3/c1-17-12-14-31(15-13-17)24-22(21-23(29-30(2)25(21)33)19-6-4-3-5-7-19)26(34)32(27(24)35)16-18-8-10-20(28)11-9-18/h3-11,17,29H,12-16H2,1-2H3. The van der Waals surface area contributed by atoms with Gasteiger partial charge in [0.15, 0.2) is 0 Å². The number of nitrogens with one attached hydrogen (secondary N) is 1. The molecule has 2 amide bonds. The van der Waals surface area contributed by atoms with Crippen molar-refractivity contribution in [1.29, 1.82) is 0 Å². The lowest BCUT2D eigenvalue weighted by atomic mass is 9.96. The van der Waals surface area contributed by atoms with Crippen LogP contribution in [0.1, 0.15) is 30.9 Å². The molecule has 1 N–H and O–H groups in total. The summed E-state index contributed by atoms with van der Waals surface area (Å²) in [4.78, 5) is 44.0. The molecule has 0 aliphatic carbocycles. The molecule has 0 unspecified atom stereocenters. The van der Waals surface area contributed by atoms with Crippen molar-refractivity contribution in [3.63, 3.8) is 0 Å².